The van der Waals surface area contributed by atoms with Crippen LogP contribution >= 0.6 is 0 Å². The average molecular weight is 318 g/mol. The Bertz CT molecular complexity index is 943. The molecule has 120 valence electrons. The Hall–Kier alpha value is -2.81. The fourth-order valence-corrected chi connectivity index (χ4v) is 3.44. The van der Waals surface area contributed by atoms with Gasteiger partial charge in [0.15, 0.2) is 0 Å². The summed E-state index contributed by atoms with van der Waals surface area (Å²) in [5.74, 6) is 1.75. The van der Waals surface area contributed by atoms with Gasteiger partial charge < -0.3 is 9.47 Å². The van der Waals surface area contributed by atoms with E-state index < -0.39 is 0 Å². The molecule has 0 saturated heterocycles. The first-order valence-corrected chi connectivity index (χ1v) is 8.03. The van der Waals surface area contributed by atoms with Crippen LogP contribution in [0.15, 0.2) is 54.6 Å². The van der Waals surface area contributed by atoms with E-state index in [-0.39, 0.29) is 11.9 Å². The molecule has 0 radical (unpaired) electrons. The number of rotatable bonds is 3. The maximum Gasteiger partial charge on any atom is 0.133 e. The van der Waals surface area contributed by atoms with Gasteiger partial charge in [0.2, 0.25) is 0 Å². The Morgan fingerprint density at radius 1 is 1.08 bits per heavy atom. The third-order valence-corrected chi connectivity index (χ3v) is 4.51. The number of methoxy groups -OCH3 is 1. The van der Waals surface area contributed by atoms with Crippen LogP contribution in [0.4, 0.5) is 0 Å². The zero-order valence-corrected chi connectivity index (χ0v) is 13.7. The van der Waals surface area contributed by atoms with Crippen LogP contribution in [-0.4, -0.2) is 12.9 Å². The van der Waals surface area contributed by atoms with Gasteiger partial charge in [0.25, 0.3) is 0 Å². The SMILES string of the molecule is COc1ccc2ccc3c(c2c1)C(CC(C)=O)Oc1ccccc1-3. The Kier molecular flexibility index (Phi) is 3.49. The number of fused-ring (bicyclic) bond motifs is 5. The van der Waals surface area contributed by atoms with Crippen molar-refractivity contribution < 1.29 is 14.3 Å². The minimum atomic E-state index is -0.275. The highest BCUT2D eigenvalue weighted by atomic mass is 16.5. The van der Waals surface area contributed by atoms with Crippen molar-refractivity contribution in [2.24, 2.45) is 0 Å². The number of carbonyl (C=O) groups is 1. The van der Waals surface area contributed by atoms with Crippen LogP contribution in [0.2, 0.25) is 0 Å². The number of carbonyl (C=O) groups excluding carboxylic acids is 1. The van der Waals surface area contributed by atoms with E-state index in [9.17, 15) is 4.79 Å². The van der Waals surface area contributed by atoms with E-state index in [4.69, 9.17) is 9.47 Å². The molecule has 0 fully saturated rings. The lowest BCUT2D eigenvalue weighted by Gasteiger charge is -2.29. The fraction of sp³-hybridized carbons (Fsp3) is 0.190. The molecule has 3 heteroatoms. The number of ether oxygens (including phenoxy) is 2. The first-order chi connectivity index (χ1) is 11.7. The molecule has 0 spiro atoms. The second kappa shape index (κ2) is 5.68. The predicted octanol–water partition coefficient (Wildman–Crippen LogP) is 4.93. The molecule has 0 aromatic heterocycles. The van der Waals surface area contributed by atoms with Gasteiger partial charge in [-0.05, 0) is 41.5 Å². The number of hydrogen-bond donors (Lipinski definition) is 0. The molecule has 1 aliphatic rings. The second-order valence-electron chi connectivity index (χ2n) is 6.12. The van der Waals surface area contributed by atoms with E-state index >= 15 is 0 Å². The summed E-state index contributed by atoms with van der Waals surface area (Å²) in [5, 5.41) is 2.19. The maximum absolute atomic E-state index is 11.8. The molecule has 0 aliphatic carbocycles. The van der Waals surface area contributed by atoms with Crippen LogP contribution in [0.25, 0.3) is 21.9 Å². The van der Waals surface area contributed by atoms with Crippen LogP contribution in [0.5, 0.6) is 11.5 Å². The van der Waals surface area contributed by atoms with Crippen LogP contribution < -0.4 is 9.47 Å². The van der Waals surface area contributed by atoms with Gasteiger partial charge in [-0.1, -0.05) is 36.4 Å². The molecule has 3 aromatic rings. The Morgan fingerprint density at radius 3 is 2.67 bits per heavy atom. The quantitative estimate of drug-likeness (QED) is 0.687. The number of para-hydroxylation sites is 1. The molecule has 0 amide bonds. The summed E-state index contributed by atoms with van der Waals surface area (Å²) in [6, 6.07) is 18.2. The van der Waals surface area contributed by atoms with Crippen molar-refractivity contribution in [1.29, 1.82) is 0 Å². The minimum absolute atomic E-state index is 0.116. The van der Waals surface area contributed by atoms with Gasteiger partial charge in [0.05, 0.1) is 7.11 Å². The summed E-state index contributed by atoms with van der Waals surface area (Å²) < 4.78 is 11.6. The van der Waals surface area contributed by atoms with E-state index in [0.29, 0.717) is 6.42 Å². The van der Waals surface area contributed by atoms with E-state index in [1.54, 1.807) is 14.0 Å². The maximum atomic E-state index is 11.8. The molecular formula is C21H18O3. The third-order valence-electron chi connectivity index (χ3n) is 4.51. The van der Waals surface area contributed by atoms with Gasteiger partial charge in [-0.25, -0.2) is 0 Å². The highest BCUT2D eigenvalue weighted by Crippen LogP contribution is 2.46. The van der Waals surface area contributed by atoms with Crippen LogP contribution in [0, 0.1) is 0 Å². The molecule has 4 rings (SSSR count). The van der Waals surface area contributed by atoms with Gasteiger partial charge in [-0.2, -0.15) is 0 Å². The summed E-state index contributed by atoms with van der Waals surface area (Å²) in [6.07, 6.45) is 0.0840. The molecular weight excluding hydrogens is 300 g/mol. The van der Waals surface area contributed by atoms with Gasteiger partial charge >= 0.3 is 0 Å². The minimum Gasteiger partial charge on any atom is -0.497 e. The Morgan fingerprint density at radius 2 is 1.88 bits per heavy atom. The second-order valence-corrected chi connectivity index (χ2v) is 6.12. The van der Waals surface area contributed by atoms with Crippen LogP contribution in [0.1, 0.15) is 25.0 Å². The topological polar surface area (TPSA) is 35.5 Å². The Labute approximate surface area is 140 Å². The molecule has 3 aromatic carbocycles. The molecule has 0 saturated carbocycles. The number of benzene rings is 3. The van der Waals surface area contributed by atoms with E-state index in [1.807, 2.05) is 36.4 Å². The monoisotopic (exact) mass is 318 g/mol. The highest BCUT2D eigenvalue weighted by Gasteiger charge is 2.28. The lowest BCUT2D eigenvalue weighted by molar-refractivity contribution is -0.118. The predicted molar refractivity (Wildman–Crippen MR) is 94.6 cm³/mol. The first-order valence-electron chi connectivity index (χ1n) is 8.03. The lowest BCUT2D eigenvalue weighted by Crippen LogP contribution is -2.17. The van der Waals surface area contributed by atoms with E-state index in [2.05, 4.69) is 18.2 Å². The number of ketones is 1. The lowest BCUT2D eigenvalue weighted by atomic mass is 9.87. The molecule has 0 N–H and O–H groups in total. The normalized spacial score (nSPS) is 15.3. The third kappa shape index (κ3) is 2.33. The van der Waals surface area contributed by atoms with Crippen molar-refractivity contribution >= 4 is 16.6 Å². The van der Waals surface area contributed by atoms with Crippen molar-refractivity contribution in [3.63, 3.8) is 0 Å². The van der Waals surface area contributed by atoms with Gasteiger partial charge in [-0.3, -0.25) is 4.79 Å². The van der Waals surface area contributed by atoms with E-state index in [0.717, 1.165) is 39.0 Å². The van der Waals surface area contributed by atoms with E-state index in [1.165, 1.54) is 0 Å². The van der Waals surface area contributed by atoms with Gasteiger partial charge in [0, 0.05) is 17.5 Å². The molecule has 1 aliphatic heterocycles. The molecule has 1 unspecified atom stereocenters. The van der Waals surface area contributed by atoms with Crippen molar-refractivity contribution in [1.82, 2.24) is 0 Å². The largest absolute Gasteiger partial charge is 0.497 e. The summed E-state index contributed by atoms with van der Waals surface area (Å²) in [6.45, 7) is 1.61. The standard InChI is InChI=1S/C21H18O3/c1-13(22)11-20-21-17(16-5-3-4-6-19(16)24-20)10-8-14-7-9-15(23-2)12-18(14)21/h3-10,12,20H,11H2,1-2H3. The smallest absolute Gasteiger partial charge is 0.133 e. The van der Waals surface area contributed by atoms with Crippen molar-refractivity contribution in [2.75, 3.05) is 7.11 Å². The molecule has 1 heterocycles. The van der Waals surface area contributed by atoms with Gasteiger partial charge in [0.1, 0.15) is 23.4 Å². The average Bonchev–Trinajstić information content (AvgIpc) is 2.60. The van der Waals surface area contributed by atoms with Crippen molar-refractivity contribution in [3.05, 3.63) is 60.2 Å². The summed E-state index contributed by atoms with van der Waals surface area (Å²) in [7, 11) is 1.66. The zero-order chi connectivity index (χ0) is 16.7. The Balaban J connectivity index is 2.03. The van der Waals surface area contributed by atoms with Crippen molar-refractivity contribution in [2.45, 2.75) is 19.4 Å². The van der Waals surface area contributed by atoms with Crippen LogP contribution in [0.3, 0.4) is 0 Å². The van der Waals surface area contributed by atoms with Gasteiger partial charge in [-0.15, -0.1) is 0 Å². The highest BCUT2D eigenvalue weighted by molar-refractivity contribution is 5.95. The summed E-state index contributed by atoms with van der Waals surface area (Å²) in [4.78, 5) is 11.8. The summed E-state index contributed by atoms with van der Waals surface area (Å²) >= 11 is 0. The summed E-state index contributed by atoms with van der Waals surface area (Å²) in [5.41, 5.74) is 3.26. The zero-order valence-electron chi connectivity index (χ0n) is 13.7. The molecule has 1 atom stereocenters. The first kappa shape index (κ1) is 14.8. The molecule has 24 heavy (non-hydrogen) atoms. The van der Waals surface area contributed by atoms with Crippen molar-refractivity contribution in [3.8, 4) is 22.6 Å². The molecule has 3 nitrogen and oxygen atoms in total. The number of Topliss-reactive ketones (excluding diaryl/α,β-unsaturated/α-hetero) is 1. The number of hydrogen-bond acceptors (Lipinski definition) is 3. The molecule has 0 bridgehead atoms. The van der Waals surface area contributed by atoms with Crippen LogP contribution in [-0.2, 0) is 4.79 Å². The fourth-order valence-electron chi connectivity index (χ4n) is 3.44.